The largest absolute Gasteiger partial charge is 0.481 e. The van der Waals surface area contributed by atoms with E-state index >= 15 is 0 Å². The first-order valence-electron chi connectivity index (χ1n) is 8.03. The first-order chi connectivity index (χ1) is 11.8. The van der Waals surface area contributed by atoms with Crippen LogP contribution in [0.5, 0.6) is 17.6 Å². The first kappa shape index (κ1) is 16.3. The standard InChI is InChI=1S/C17H22N4O3/c1-22-15-6-3-7-16(20-15)24-11-13-5-4-8-21(10-13)14-9-17(23-2)19-12-18-14/h3,6-7,9,12-13H,4-5,8,10-11H2,1-2H3. The molecule has 2 aromatic heterocycles. The molecule has 1 aliphatic rings. The van der Waals surface area contributed by atoms with Gasteiger partial charge in [-0.3, -0.25) is 0 Å². The number of hydrogen-bond donors (Lipinski definition) is 0. The molecule has 3 heterocycles. The molecule has 1 unspecified atom stereocenters. The van der Waals surface area contributed by atoms with Crippen molar-refractivity contribution in [2.75, 3.05) is 38.8 Å². The Morgan fingerprint density at radius 2 is 1.96 bits per heavy atom. The van der Waals surface area contributed by atoms with Gasteiger partial charge in [-0.1, -0.05) is 6.07 Å². The normalized spacial score (nSPS) is 17.4. The van der Waals surface area contributed by atoms with Crippen LogP contribution in [-0.2, 0) is 0 Å². The van der Waals surface area contributed by atoms with Crippen molar-refractivity contribution < 1.29 is 14.2 Å². The lowest BCUT2D eigenvalue weighted by Crippen LogP contribution is -2.38. The predicted octanol–water partition coefficient (Wildman–Crippen LogP) is 2.18. The fourth-order valence-corrected chi connectivity index (χ4v) is 2.82. The summed E-state index contributed by atoms with van der Waals surface area (Å²) in [6, 6.07) is 7.39. The second-order valence-electron chi connectivity index (χ2n) is 5.70. The zero-order valence-electron chi connectivity index (χ0n) is 14.0. The molecule has 0 bridgehead atoms. The van der Waals surface area contributed by atoms with Crippen LogP contribution in [0.1, 0.15) is 12.8 Å². The van der Waals surface area contributed by atoms with Crippen molar-refractivity contribution >= 4 is 5.82 Å². The van der Waals surface area contributed by atoms with Crippen molar-refractivity contribution in [3.05, 3.63) is 30.6 Å². The lowest BCUT2D eigenvalue weighted by Gasteiger charge is -2.33. The van der Waals surface area contributed by atoms with Gasteiger partial charge in [0.25, 0.3) is 0 Å². The molecule has 0 radical (unpaired) electrons. The molecule has 3 rings (SSSR count). The van der Waals surface area contributed by atoms with Gasteiger partial charge in [-0.05, 0) is 12.8 Å². The molecule has 2 aromatic rings. The van der Waals surface area contributed by atoms with Gasteiger partial charge < -0.3 is 19.1 Å². The topological polar surface area (TPSA) is 69.6 Å². The summed E-state index contributed by atoms with van der Waals surface area (Å²) in [5, 5.41) is 0. The molecule has 1 atom stereocenters. The Hall–Kier alpha value is -2.57. The van der Waals surface area contributed by atoms with Crippen LogP contribution < -0.4 is 19.1 Å². The van der Waals surface area contributed by atoms with Gasteiger partial charge in [-0.15, -0.1) is 0 Å². The minimum absolute atomic E-state index is 0.424. The minimum atomic E-state index is 0.424. The molecule has 0 amide bonds. The Labute approximate surface area is 141 Å². The number of rotatable bonds is 6. The summed E-state index contributed by atoms with van der Waals surface area (Å²) < 4.78 is 16.1. The minimum Gasteiger partial charge on any atom is -0.481 e. The molecule has 1 fully saturated rings. The fourth-order valence-electron chi connectivity index (χ4n) is 2.82. The smallest absolute Gasteiger partial charge is 0.218 e. The Kier molecular flexibility index (Phi) is 5.30. The maximum absolute atomic E-state index is 5.84. The Balaban J connectivity index is 1.58. The number of aromatic nitrogens is 3. The average Bonchev–Trinajstić information content (AvgIpc) is 2.67. The number of anilines is 1. The van der Waals surface area contributed by atoms with Gasteiger partial charge in [-0.25, -0.2) is 9.97 Å². The van der Waals surface area contributed by atoms with Gasteiger partial charge in [0.15, 0.2) is 0 Å². The van der Waals surface area contributed by atoms with Crippen molar-refractivity contribution in [1.29, 1.82) is 0 Å². The molecule has 1 saturated heterocycles. The van der Waals surface area contributed by atoms with E-state index in [4.69, 9.17) is 14.2 Å². The van der Waals surface area contributed by atoms with E-state index in [2.05, 4.69) is 19.9 Å². The Bertz CT molecular complexity index is 668. The second kappa shape index (κ2) is 7.81. The summed E-state index contributed by atoms with van der Waals surface area (Å²) in [6.45, 7) is 2.50. The zero-order chi connectivity index (χ0) is 16.8. The monoisotopic (exact) mass is 330 g/mol. The van der Waals surface area contributed by atoms with Gasteiger partial charge in [0.05, 0.1) is 20.8 Å². The highest BCUT2D eigenvalue weighted by molar-refractivity contribution is 5.41. The summed E-state index contributed by atoms with van der Waals surface area (Å²) in [5.41, 5.74) is 0. The molecule has 0 saturated carbocycles. The molecule has 0 spiro atoms. The molecule has 7 nitrogen and oxygen atoms in total. The van der Waals surface area contributed by atoms with Crippen LogP contribution in [0.15, 0.2) is 30.6 Å². The molecule has 0 N–H and O–H groups in total. The number of piperidine rings is 1. The number of hydrogen-bond acceptors (Lipinski definition) is 7. The van der Waals surface area contributed by atoms with Crippen LogP contribution in [0.3, 0.4) is 0 Å². The number of nitrogens with zero attached hydrogens (tertiary/aromatic N) is 4. The Morgan fingerprint density at radius 1 is 1.12 bits per heavy atom. The highest BCUT2D eigenvalue weighted by Crippen LogP contribution is 2.24. The Morgan fingerprint density at radius 3 is 2.79 bits per heavy atom. The van der Waals surface area contributed by atoms with E-state index in [1.165, 1.54) is 6.33 Å². The predicted molar refractivity (Wildman–Crippen MR) is 89.8 cm³/mol. The molecular weight excluding hydrogens is 308 g/mol. The number of ether oxygens (including phenoxy) is 3. The van der Waals surface area contributed by atoms with Gasteiger partial charge in [0.2, 0.25) is 17.6 Å². The third-order valence-electron chi connectivity index (χ3n) is 4.05. The van der Waals surface area contributed by atoms with Crippen LogP contribution >= 0.6 is 0 Å². The summed E-state index contributed by atoms with van der Waals surface area (Å²) in [5.74, 6) is 3.05. The number of methoxy groups -OCH3 is 2. The first-order valence-corrected chi connectivity index (χ1v) is 8.03. The molecule has 0 aliphatic carbocycles. The molecule has 128 valence electrons. The lowest BCUT2D eigenvalue weighted by atomic mass is 9.99. The highest BCUT2D eigenvalue weighted by Gasteiger charge is 2.22. The third kappa shape index (κ3) is 4.04. The third-order valence-corrected chi connectivity index (χ3v) is 4.05. The molecule has 24 heavy (non-hydrogen) atoms. The fraction of sp³-hybridized carbons (Fsp3) is 0.471. The van der Waals surface area contributed by atoms with Gasteiger partial charge in [-0.2, -0.15) is 4.98 Å². The summed E-state index contributed by atoms with van der Waals surface area (Å²) in [4.78, 5) is 14.9. The molecule has 1 aliphatic heterocycles. The molecule has 0 aromatic carbocycles. The van der Waals surface area contributed by atoms with E-state index in [0.717, 1.165) is 31.7 Å². The van der Waals surface area contributed by atoms with Crippen molar-refractivity contribution in [2.24, 2.45) is 5.92 Å². The van der Waals surface area contributed by atoms with E-state index < -0.39 is 0 Å². The van der Waals surface area contributed by atoms with Gasteiger partial charge >= 0.3 is 0 Å². The summed E-state index contributed by atoms with van der Waals surface area (Å²) in [6.07, 6.45) is 3.77. The molecule has 7 heteroatoms. The van der Waals surface area contributed by atoms with E-state index in [9.17, 15) is 0 Å². The average molecular weight is 330 g/mol. The maximum Gasteiger partial charge on any atom is 0.218 e. The summed E-state index contributed by atoms with van der Waals surface area (Å²) >= 11 is 0. The van der Waals surface area contributed by atoms with Crippen LogP contribution in [0.25, 0.3) is 0 Å². The van der Waals surface area contributed by atoms with E-state index in [1.54, 1.807) is 20.3 Å². The van der Waals surface area contributed by atoms with Crippen molar-refractivity contribution in [1.82, 2.24) is 15.0 Å². The highest BCUT2D eigenvalue weighted by atomic mass is 16.5. The lowest BCUT2D eigenvalue weighted by molar-refractivity contribution is 0.219. The summed E-state index contributed by atoms with van der Waals surface area (Å²) in [7, 11) is 3.21. The van der Waals surface area contributed by atoms with Gasteiger partial charge in [0.1, 0.15) is 12.1 Å². The van der Waals surface area contributed by atoms with Crippen LogP contribution in [0.2, 0.25) is 0 Å². The van der Waals surface area contributed by atoms with Crippen LogP contribution in [0, 0.1) is 5.92 Å². The van der Waals surface area contributed by atoms with E-state index in [-0.39, 0.29) is 0 Å². The van der Waals surface area contributed by atoms with Crippen molar-refractivity contribution in [3.8, 4) is 17.6 Å². The molecular formula is C17H22N4O3. The zero-order valence-corrected chi connectivity index (χ0v) is 14.0. The van der Waals surface area contributed by atoms with Gasteiger partial charge in [0, 0.05) is 37.2 Å². The van der Waals surface area contributed by atoms with E-state index in [0.29, 0.717) is 30.2 Å². The van der Waals surface area contributed by atoms with Crippen LogP contribution in [-0.4, -0.2) is 48.9 Å². The number of pyridine rings is 1. The van der Waals surface area contributed by atoms with Crippen molar-refractivity contribution in [3.63, 3.8) is 0 Å². The SMILES string of the molecule is COc1cc(N2CCCC(COc3cccc(OC)n3)C2)ncn1. The quantitative estimate of drug-likeness (QED) is 0.804. The van der Waals surface area contributed by atoms with Crippen molar-refractivity contribution in [2.45, 2.75) is 12.8 Å². The maximum atomic E-state index is 5.84. The van der Waals surface area contributed by atoms with Crippen LogP contribution in [0.4, 0.5) is 5.82 Å². The second-order valence-corrected chi connectivity index (χ2v) is 5.70. The van der Waals surface area contributed by atoms with E-state index in [1.807, 2.05) is 18.2 Å².